The quantitative estimate of drug-likeness (QED) is 0.510. The second kappa shape index (κ2) is 4.02. The summed E-state index contributed by atoms with van der Waals surface area (Å²) in [5.41, 5.74) is 0.242. The molecule has 1 rings (SSSR count). The molecule has 0 amide bonds. The summed E-state index contributed by atoms with van der Waals surface area (Å²) >= 11 is 5.66. The first-order chi connectivity index (χ1) is 5.75. The second-order valence-electron chi connectivity index (χ2n) is 2.13. The molecule has 0 aliphatic heterocycles. The number of halogens is 2. The number of benzene rings is 1. The minimum Gasteiger partial charge on any atom is -0.299 e. The van der Waals surface area contributed by atoms with Crippen LogP contribution in [-0.4, -0.2) is 6.29 Å². The van der Waals surface area contributed by atoms with E-state index in [0.29, 0.717) is 11.3 Å². The van der Waals surface area contributed by atoms with Gasteiger partial charge in [-0.25, -0.2) is 4.39 Å². The lowest BCUT2D eigenvalue weighted by Crippen LogP contribution is -1.82. The summed E-state index contributed by atoms with van der Waals surface area (Å²) < 4.78 is 12.9. The Bertz CT molecular complexity index is 300. The van der Waals surface area contributed by atoms with Crippen LogP contribution in [0.3, 0.4) is 0 Å². The van der Waals surface area contributed by atoms with Crippen LogP contribution < -0.4 is 0 Å². The van der Waals surface area contributed by atoms with E-state index < -0.39 is 5.82 Å². The highest BCUT2D eigenvalue weighted by molar-refractivity contribution is 6.32. The Morgan fingerprint density at radius 2 is 2.17 bits per heavy atom. The van der Waals surface area contributed by atoms with Crippen molar-refractivity contribution in [2.75, 3.05) is 0 Å². The van der Waals surface area contributed by atoms with Gasteiger partial charge in [-0.15, -0.1) is 0 Å². The van der Waals surface area contributed by atoms with Crippen molar-refractivity contribution in [1.29, 1.82) is 0 Å². The molecule has 0 radical (unpaired) electrons. The van der Waals surface area contributed by atoms with Gasteiger partial charge in [0.05, 0.1) is 5.02 Å². The minimum atomic E-state index is -0.430. The van der Waals surface area contributed by atoms with Gasteiger partial charge in [-0.05, 0) is 24.3 Å². The van der Waals surface area contributed by atoms with Crippen LogP contribution in [-0.2, 0) is 4.79 Å². The predicted molar refractivity (Wildman–Crippen MR) is 46.5 cm³/mol. The molecule has 0 spiro atoms. The number of carbonyl (C=O) groups excluding carboxylic acids is 1. The molecular weight excluding hydrogens is 179 g/mol. The molecule has 62 valence electrons. The topological polar surface area (TPSA) is 17.1 Å². The van der Waals surface area contributed by atoms with Crippen LogP contribution in [0.15, 0.2) is 24.3 Å². The van der Waals surface area contributed by atoms with E-state index in [0.717, 1.165) is 0 Å². The van der Waals surface area contributed by atoms with Crippen LogP contribution in [0.5, 0.6) is 0 Å². The number of hydrogen-bond donors (Lipinski definition) is 0. The van der Waals surface area contributed by atoms with Crippen molar-refractivity contribution in [3.05, 3.63) is 40.7 Å². The third-order valence-electron chi connectivity index (χ3n) is 1.34. The molecule has 0 atom stereocenters. The van der Waals surface area contributed by atoms with E-state index >= 15 is 0 Å². The van der Waals surface area contributed by atoms with Crippen molar-refractivity contribution in [2.45, 2.75) is 0 Å². The molecule has 0 saturated carbocycles. The Morgan fingerprint density at radius 1 is 1.42 bits per heavy atom. The molecule has 0 aromatic heterocycles. The zero-order valence-electron chi connectivity index (χ0n) is 6.13. The minimum absolute atomic E-state index is 0.242. The predicted octanol–water partition coefficient (Wildman–Crippen LogP) is 2.69. The molecule has 1 nitrogen and oxygen atoms in total. The summed E-state index contributed by atoms with van der Waals surface area (Å²) in [5, 5.41) is 0.299. The van der Waals surface area contributed by atoms with Gasteiger partial charge < -0.3 is 0 Å². The fraction of sp³-hybridized carbons (Fsp3) is 0. The molecule has 0 aliphatic carbocycles. The molecule has 3 heteroatoms. The van der Waals surface area contributed by atoms with Crippen LogP contribution in [0.2, 0.25) is 5.02 Å². The monoisotopic (exact) mass is 184 g/mol. The number of allylic oxidation sites excluding steroid dienone is 1. The molecule has 0 bridgehead atoms. The second-order valence-corrected chi connectivity index (χ2v) is 2.54. The molecule has 1 aromatic rings. The smallest absolute Gasteiger partial charge is 0.142 e. The molecule has 0 heterocycles. The first-order valence-corrected chi connectivity index (χ1v) is 3.69. The lowest BCUT2D eigenvalue weighted by Gasteiger charge is -1.97. The normalized spacial score (nSPS) is 10.5. The van der Waals surface area contributed by atoms with Crippen molar-refractivity contribution in [2.24, 2.45) is 0 Å². The molecule has 0 N–H and O–H groups in total. The van der Waals surface area contributed by atoms with Gasteiger partial charge in [0, 0.05) is 5.56 Å². The first kappa shape index (κ1) is 8.94. The number of carbonyl (C=O) groups is 1. The summed E-state index contributed by atoms with van der Waals surface area (Å²) in [7, 11) is 0. The van der Waals surface area contributed by atoms with Gasteiger partial charge >= 0.3 is 0 Å². The van der Waals surface area contributed by atoms with Gasteiger partial charge in [-0.1, -0.05) is 17.7 Å². The number of hydrogen-bond acceptors (Lipinski definition) is 1. The van der Waals surface area contributed by atoms with E-state index in [4.69, 9.17) is 11.6 Å². The zero-order chi connectivity index (χ0) is 8.97. The Balaban J connectivity index is 3.12. The van der Waals surface area contributed by atoms with E-state index in [2.05, 4.69) is 0 Å². The van der Waals surface area contributed by atoms with Crippen LogP contribution in [0.25, 0.3) is 6.08 Å². The van der Waals surface area contributed by atoms with Crippen LogP contribution in [0.4, 0.5) is 4.39 Å². The number of rotatable bonds is 2. The van der Waals surface area contributed by atoms with Crippen molar-refractivity contribution in [3.8, 4) is 0 Å². The summed E-state index contributed by atoms with van der Waals surface area (Å²) in [5.74, 6) is -0.430. The molecule has 0 aliphatic rings. The van der Waals surface area contributed by atoms with Crippen molar-refractivity contribution in [1.82, 2.24) is 0 Å². The van der Waals surface area contributed by atoms with Gasteiger partial charge in [0.15, 0.2) is 0 Å². The highest BCUT2D eigenvalue weighted by Gasteiger charge is 2.01. The van der Waals surface area contributed by atoms with Gasteiger partial charge in [-0.2, -0.15) is 0 Å². The average Bonchev–Trinajstić information content (AvgIpc) is 2.04. The van der Waals surface area contributed by atoms with E-state index in [-0.39, 0.29) is 5.56 Å². The Hall–Kier alpha value is -1.15. The van der Waals surface area contributed by atoms with E-state index in [1.807, 2.05) is 0 Å². The van der Waals surface area contributed by atoms with Crippen molar-refractivity contribution in [3.63, 3.8) is 0 Å². The zero-order valence-corrected chi connectivity index (χ0v) is 6.88. The molecular formula is C9H6ClFO. The maximum atomic E-state index is 12.9. The van der Waals surface area contributed by atoms with Gasteiger partial charge in [-0.3, -0.25) is 4.79 Å². The molecule has 0 unspecified atom stereocenters. The maximum Gasteiger partial charge on any atom is 0.142 e. The maximum absolute atomic E-state index is 12.9. The van der Waals surface area contributed by atoms with Gasteiger partial charge in [0.2, 0.25) is 0 Å². The molecule has 1 aromatic carbocycles. The molecule has 0 fully saturated rings. The Labute approximate surface area is 74.5 Å². The largest absolute Gasteiger partial charge is 0.299 e. The highest BCUT2D eigenvalue weighted by atomic mass is 35.5. The Kier molecular flexibility index (Phi) is 3.00. The van der Waals surface area contributed by atoms with E-state index in [1.54, 1.807) is 6.07 Å². The standard InChI is InChI=1S/C9H6ClFO/c10-8-4-1-5-9(11)7(8)3-2-6-12/h1-6H/b3-2+. The van der Waals surface area contributed by atoms with Crippen LogP contribution in [0.1, 0.15) is 5.56 Å². The number of aldehydes is 1. The van der Waals surface area contributed by atoms with Crippen LogP contribution in [0, 0.1) is 5.82 Å². The van der Waals surface area contributed by atoms with E-state index in [1.165, 1.54) is 24.3 Å². The van der Waals surface area contributed by atoms with Crippen molar-refractivity contribution < 1.29 is 9.18 Å². The fourth-order valence-electron chi connectivity index (χ4n) is 0.805. The third kappa shape index (κ3) is 1.92. The lowest BCUT2D eigenvalue weighted by atomic mass is 10.2. The van der Waals surface area contributed by atoms with Crippen molar-refractivity contribution >= 4 is 24.0 Å². The fourth-order valence-corrected chi connectivity index (χ4v) is 1.03. The summed E-state index contributed by atoms with van der Waals surface area (Å²) in [6, 6.07) is 4.36. The molecule has 0 saturated heterocycles. The summed E-state index contributed by atoms with van der Waals surface area (Å²) in [6.07, 6.45) is 3.11. The summed E-state index contributed by atoms with van der Waals surface area (Å²) in [6.45, 7) is 0. The lowest BCUT2D eigenvalue weighted by molar-refractivity contribution is -0.104. The Morgan fingerprint density at radius 3 is 2.75 bits per heavy atom. The highest BCUT2D eigenvalue weighted by Crippen LogP contribution is 2.19. The molecule has 12 heavy (non-hydrogen) atoms. The van der Waals surface area contributed by atoms with Crippen LogP contribution >= 0.6 is 11.6 Å². The third-order valence-corrected chi connectivity index (χ3v) is 1.67. The summed E-state index contributed by atoms with van der Waals surface area (Å²) in [4.78, 5) is 9.95. The van der Waals surface area contributed by atoms with Gasteiger partial charge in [0.25, 0.3) is 0 Å². The average molecular weight is 185 g/mol. The van der Waals surface area contributed by atoms with Gasteiger partial charge in [0.1, 0.15) is 12.1 Å². The van der Waals surface area contributed by atoms with E-state index in [9.17, 15) is 9.18 Å². The first-order valence-electron chi connectivity index (χ1n) is 3.31. The SMILES string of the molecule is O=C/C=C/c1c(F)cccc1Cl.